The van der Waals surface area contributed by atoms with Gasteiger partial charge in [0.05, 0.1) is 48.6 Å². The molecule has 206 valence electrons. The number of aromatic carboxylic acids is 1. The molecule has 2 atom stereocenters. The molecular formula is C28H29ClN2O8. The molecule has 1 heterocycles. The number of carbonyl (C=O) groups is 4. The van der Waals surface area contributed by atoms with Crippen molar-refractivity contribution in [2.45, 2.75) is 25.9 Å². The van der Waals surface area contributed by atoms with E-state index in [4.69, 9.17) is 31.5 Å². The van der Waals surface area contributed by atoms with Crippen LogP contribution >= 0.6 is 11.6 Å². The van der Waals surface area contributed by atoms with Crippen molar-refractivity contribution in [3.8, 4) is 0 Å². The predicted molar refractivity (Wildman–Crippen MR) is 142 cm³/mol. The molecular weight excluding hydrogens is 528 g/mol. The van der Waals surface area contributed by atoms with Gasteiger partial charge >= 0.3 is 17.9 Å². The number of benzene rings is 2. The van der Waals surface area contributed by atoms with E-state index in [1.165, 1.54) is 31.4 Å². The summed E-state index contributed by atoms with van der Waals surface area (Å²) in [5.41, 5.74) is 5.88. The van der Waals surface area contributed by atoms with E-state index in [0.29, 0.717) is 5.56 Å². The molecule has 4 N–H and O–H groups in total. The number of hydrogen-bond donors (Lipinski definition) is 3. The molecule has 0 saturated carbocycles. The van der Waals surface area contributed by atoms with E-state index in [1.54, 1.807) is 38.1 Å². The molecule has 2 aromatic rings. The molecule has 0 fully saturated rings. The third-order valence-electron chi connectivity index (χ3n) is 6.04. The van der Waals surface area contributed by atoms with E-state index in [9.17, 15) is 24.3 Å². The number of ether oxygens (including phenoxy) is 3. The van der Waals surface area contributed by atoms with Gasteiger partial charge in [0.25, 0.3) is 0 Å². The van der Waals surface area contributed by atoms with Gasteiger partial charge in [0.15, 0.2) is 11.9 Å². The van der Waals surface area contributed by atoms with Gasteiger partial charge in [-0.1, -0.05) is 48.0 Å². The van der Waals surface area contributed by atoms with Gasteiger partial charge in [-0.3, -0.25) is 4.79 Å². The minimum absolute atomic E-state index is 0.00870. The maximum Gasteiger partial charge on any atom is 0.336 e. The molecule has 11 heteroatoms. The van der Waals surface area contributed by atoms with Crippen LogP contribution in [0.1, 0.15) is 46.0 Å². The highest BCUT2D eigenvalue weighted by Gasteiger charge is 2.43. The van der Waals surface area contributed by atoms with E-state index in [2.05, 4.69) is 5.32 Å². The van der Waals surface area contributed by atoms with Gasteiger partial charge in [0.1, 0.15) is 0 Å². The highest BCUT2D eigenvalue weighted by atomic mass is 35.5. The Bertz CT molecular complexity index is 1350. The summed E-state index contributed by atoms with van der Waals surface area (Å²) in [6.07, 6.45) is -1.51. The average Bonchev–Trinajstić information content (AvgIpc) is 2.92. The average molecular weight is 557 g/mol. The molecule has 0 amide bonds. The number of allylic oxidation sites excluding steroid dienone is 1. The molecule has 1 aliphatic rings. The third-order valence-corrected chi connectivity index (χ3v) is 6.38. The first-order chi connectivity index (χ1) is 18.7. The van der Waals surface area contributed by atoms with Crippen LogP contribution in [0, 0.1) is 0 Å². The van der Waals surface area contributed by atoms with Crippen LogP contribution in [-0.4, -0.2) is 61.8 Å². The molecule has 39 heavy (non-hydrogen) atoms. The first-order valence-electron chi connectivity index (χ1n) is 12.1. The van der Waals surface area contributed by atoms with Crippen molar-refractivity contribution in [1.82, 2.24) is 5.32 Å². The third kappa shape index (κ3) is 6.19. The Balaban J connectivity index is 2.37. The number of carbonyl (C=O) groups excluding carboxylic acids is 3. The summed E-state index contributed by atoms with van der Waals surface area (Å²) in [6, 6.07) is 12.3. The Morgan fingerprint density at radius 2 is 1.67 bits per heavy atom. The van der Waals surface area contributed by atoms with Gasteiger partial charge in [-0.05, 0) is 31.5 Å². The molecule has 2 aromatic carbocycles. The van der Waals surface area contributed by atoms with E-state index in [-0.39, 0.29) is 58.4 Å². The second kappa shape index (κ2) is 13.2. The molecule has 2 unspecified atom stereocenters. The maximum absolute atomic E-state index is 13.9. The standard InChI is InChI=1S/C28H29ClN2O8/c1-4-38-28(36)22-21(18-11-7-8-12-19(18)29)20(27(35)37-3)15(2)31-23(22)25(39-14-13-30)24(32)16-9-5-6-10-17(16)26(33)34/h5-12,21,25,31H,4,13-14,30H2,1-3H3,(H,33,34). The summed E-state index contributed by atoms with van der Waals surface area (Å²) in [4.78, 5) is 52.3. The quantitative estimate of drug-likeness (QED) is 0.277. The van der Waals surface area contributed by atoms with E-state index in [0.717, 1.165) is 0 Å². The molecule has 10 nitrogen and oxygen atoms in total. The molecule has 0 aliphatic carbocycles. The van der Waals surface area contributed by atoms with Crippen molar-refractivity contribution in [3.05, 3.63) is 92.8 Å². The van der Waals surface area contributed by atoms with Crippen LogP contribution in [0.4, 0.5) is 0 Å². The number of rotatable bonds is 11. The lowest BCUT2D eigenvalue weighted by molar-refractivity contribution is -0.139. The second-order valence-corrected chi connectivity index (χ2v) is 8.82. The second-order valence-electron chi connectivity index (χ2n) is 8.41. The summed E-state index contributed by atoms with van der Waals surface area (Å²) < 4.78 is 16.2. The van der Waals surface area contributed by atoms with Crippen molar-refractivity contribution in [2.24, 2.45) is 5.73 Å². The minimum atomic E-state index is -1.51. The highest BCUT2D eigenvalue weighted by molar-refractivity contribution is 6.31. The van der Waals surface area contributed by atoms with E-state index in [1.807, 2.05) is 0 Å². The first-order valence-corrected chi connectivity index (χ1v) is 12.5. The van der Waals surface area contributed by atoms with Crippen molar-refractivity contribution in [3.63, 3.8) is 0 Å². The van der Waals surface area contributed by atoms with Crippen LogP contribution in [0.5, 0.6) is 0 Å². The molecule has 0 spiro atoms. The SMILES string of the molecule is CCOC(=O)C1=C(C(OCCN)C(=O)c2ccccc2C(=O)O)NC(C)=C(C(=O)OC)C1c1ccccc1Cl. The van der Waals surface area contributed by atoms with Crippen LogP contribution in [-0.2, 0) is 23.8 Å². The Kier molecular flexibility index (Phi) is 10.00. The predicted octanol–water partition coefficient (Wildman–Crippen LogP) is 3.22. The molecule has 0 radical (unpaired) electrons. The number of carboxylic acid groups (broad SMARTS) is 1. The summed E-state index contributed by atoms with van der Waals surface area (Å²) in [5.74, 6) is -4.72. The Morgan fingerprint density at radius 3 is 2.26 bits per heavy atom. The number of halogens is 1. The number of nitrogens with two attached hydrogens (primary N) is 1. The molecule has 0 bridgehead atoms. The number of esters is 2. The van der Waals surface area contributed by atoms with Gasteiger partial charge in [-0.25, -0.2) is 14.4 Å². The van der Waals surface area contributed by atoms with Gasteiger partial charge in [0.2, 0.25) is 0 Å². The molecule has 0 saturated heterocycles. The molecule has 1 aliphatic heterocycles. The van der Waals surface area contributed by atoms with Crippen molar-refractivity contribution in [1.29, 1.82) is 0 Å². The summed E-state index contributed by atoms with van der Waals surface area (Å²) in [5, 5.41) is 12.9. The van der Waals surface area contributed by atoms with Crippen LogP contribution in [0.25, 0.3) is 0 Å². The zero-order chi connectivity index (χ0) is 28.7. The fourth-order valence-corrected chi connectivity index (χ4v) is 4.64. The Hall–Kier alpha value is -3.99. The maximum atomic E-state index is 13.9. The smallest absolute Gasteiger partial charge is 0.336 e. The fourth-order valence-electron chi connectivity index (χ4n) is 4.40. The zero-order valence-corrected chi connectivity index (χ0v) is 22.4. The summed E-state index contributed by atoms with van der Waals surface area (Å²) in [6.45, 7) is 3.11. The largest absolute Gasteiger partial charge is 0.478 e. The van der Waals surface area contributed by atoms with E-state index >= 15 is 0 Å². The number of carboxylic acids is 1. The Morgan fingerprint density at radius 1 is 1.03 bits per heavy atom. The molecule has 3 rings (SSSR count). The van der Waals surface area contributed by atoms with E-state index < -0.39 is 35.7 Å². The highest BCUT2D eigenvalue weighted by Crippen LogP contribution is 2.43. The van der Waals surface area contributed by atoms with Crippen LogP contribution in [0.15, 0.2) is 71.1 Å². The first kappa shape index (κ1) is 29.6. The summed E-state index contributed by atoms with van der Waals surface area (Å²) in [7, 11) is 1.20. The van der Waals surface area contributed by atoms with Crippen molar-refractivity contribution >= 4 is 35.3 Å². The van der Waals surface area contributed by atoms with Gasteiger partial charge in [-0.2, -0.15) is 0 Å². The number of methoxy groups -OCH3 is 1. The zero-order valence-electron chi connectivity index (χ0n) is 21.7. The summed E-state index contributed by atoms with van der Waals surface area (Å²) >= 11 is 6.54. The van der Waals surface area contributed by atoms with Gasteiger partial charge < -0.3 is 30.4 Å². The topological polar surface area (TPSA) is 154 Å². The fraction of sp³-hybridized carbons (Fsp3) is 0.286. The monoisotopic (exact) mass is 556 g/mol. The van der Waals surface area contributed by atoms with Crippen LogP contribution < -0.4 is 11.1 Å². The minimum Gasteiger partial charge on any atom is -0.478 e. The lowest BCUT2D eigenvalue weighted by Gasteiger charge is -2.34. The van der Waals surface area contributed by atoms with Crippen LogP contribution in [0.2, 0.25) is 5.02 Å². The van der Waals surface area contributed by atoms with Crippen molar-refractivity contribution in [2.75, 3.05) is 26.9 Å². The number of nitrogens with one attached hydrogen (secondary N) is 1. The molecule has 0 aromatic heterocycles. The number of dihydropyridines is 1. The normalized spacial score (nSPS) is 15.9. The van der Waals surface area contributed by atoms with Crippen molar-refractivity contribution < 1.29 is 38.5 Å². The number of ketones is 1. The lowest BCUT2D eigenvalue weighted by Crippen LogP contribution is -2.42. The number of hydrogen-bond acceptors (Lipinski definition) is 9. The number of Topliss-reactive ketones (excluding diaryl/α,β-unsaturated/α-hetero) is 1. The van der Waals surface area contributed by atoms with Gasteiger partial charge in [0, 0.05) is 22.8 Å². The van der Waals surface area contributed by atoms with Gasteiger partial charge in [-0.15, -0.1) is 0 Å². The lowest BCUT2D eigenvalue weighted by atomic mass is 9.78. The Labute approximate surface area is 230 Å². The van der Waals surface area contributed by atoms with Crippen LogP contribution in [0.3, 0.4) is 0 Å².